The van der Waals surface area contributed by atoms with Crippen molar-refractivity contribution in [2.75, 3.05) is 6.54 Å². The van der Waals surface area contributed by atoms with Gasteiger partial charge in [-0.3, -0.25) is 10.0 Å². The first-order valence-corrected chi connectivity index (χ1v) is 5.89. The van der Waals surface area contributed by atoms with Gasteiger partial charge in [-0.25, -0.2) is 5.48 Å². The number of rotatable bonds is 5. The van der Waals surface area contributed by atoms with Crippen molar-refractivity contribution in [2.24, 2.45) is 7.05 Å². The maximum absolute atomic E-state index is 10.8. The van der Waals surface area contributed by atoms with Gasteiger partial charge < -0.3 is 9.88 Å². The summed E-state index contributed by atoms with van der Waals surface area (Å²) in [6.07, 6.45) is 2.35. The molecule has 0 saturated heterocycles. The fraction of sp³-hybridized carbons (Fsp3) is 0.308. The molecular formula is C13H17N3O2. The Morgan fingerprint density at radius 1 is 1.39 bits per heavy atom. The Kier molecular flexibility index (Phi) is 3.96. The Balaban J connectivity index is 1.98. The summed E-state index contributed by atoms with van der Waals surface area (Å²) < 4.78 is 2.09. The third kappa shape index (κ3) is 2.69. The molecule has 1 aromatic heterocycles. The zero-order chi connectivity index (χ0) is 13.0. The molecule has 96 valence electrons. The van der Waals surface area contributed by atoms with Crippen molar-refractivity contribution in [2.45, 2.75) is 13.0 Å². The smallest absolute Gasteiger partial charge is 0.244 e. The number of nitrogens with one attached hydrogen (secondary N) is 2. The van der Waals surface area contributed by atoms with Gasteiger partial charge in [-0.05, 0) is 11.6 Å². The molecule has 1 heterocycles. The number of aromatic nitrogens is 1. The standard InChI is InChI=1S/C13H17N3O2/c1-16-9-10(8-14-7-6-13(17)15-18)11-4-2-3-5-12(11)16/h2-5,9,14,18H,6-8H2,1H3,(H,15,17). The van der Waals surface area contributed by atoms with E-state index in [1.165, 1.54) is 16.5 Å². The van der Waals surface area contributed by atoms with Crippen molar-refractivity contribution < 1.29 is 10.0 Å². The highest BCUT2D eigenvalue weighted by molar-refractivity contribution is 5.83. The quantitative estimate of drug-likeness (QED) is 0.422. The summed E-state index contributed by atoms with van der Waals surface area (Å²) in [5.41, 5.74) is 4.02. The van der Waals surface area contributed by atoms with E-state index in [2.05, 4.69) is 28.2 Å². The van der Waals surface area contributed by atoms with Crippen LogP contribution in [0.5, 0.6) is 0 Å². The summed E-state index contributed by atoms with van der Waals surface area (Å²) in [5.74, 6) is -0.375. The lowest BCUT2D eigenvalue weighted by Crippen LogP contribution is -2.24. The van der Waals surface area contributed by atoms with E-state index in [1.807, 2.05) is 19.2 Å². The molecule has 0 fully saturated rings. The molecule has 2 rings (SSSR count). The van der Waals surface area contributed by atoms with Crippen molar-refractivity contribution in [1.29, 1.82) is 0 Å². The first kappa shape index (κ1) is 12.6. The van der Waals surface area contributed by atoms with Gasteiger partial charge in [-0.15, -0.1) is 0 Å². The number of fused-ring (bicyclic) bond motifs is 1. The topological polar surface area (TPSA) is 66.3 Å². The predicted octanol–water partition coefficient (Wildman–Crippen LogP) is 1.16. The van der Waals surface area contributed by atoms with E-state index in [9.17, 15) is 4.79 Å². The minimum atomic E-state index is -0.375. The molecule has 18 heavy (non-hydrogen) atoms. The number of amides is 1. The normalized spacial score (nSPS) is 10.8. The van der Waals surface area contributed by atoms with Gasteiger partial charge in [0.15, 0.2) is 0 Å². The van der Waals surface area contributed by atoms with E-state index >= 15 is 0 Å². The molecule has 0 aliphatic carbocycles. The van der Waals surface area contributed by atoms with Gasteiger partial charge in [-0.2, -0.15) is 0 Å². The second kappa shape index (κ2) is 5.66. The average molecular weight is 247 g/mol. The Labute approximate surface area is 105 Å². The molecule has 1 aromatic carbocycles. The van der Waals surface area contributed by atoms with E-state index in [4.69, 9.17) is 5.21 Å². The molecule has 1 amide bonds. The summed E-state index contributed by atoms with van der Waals surface area (Å²) in [6.45, 7) is 1.25. The van der Waals surface area contributed by atoms with E-state index in [1.54, 1.807) is 5.48 Å². The molecule has 3 N–H and O–H groups in total. The minimum absolute atomic E-state index is 0.265. The highest BCUT2D eigenvalue weighted by atomic mass is 16.5. The van der Waals surface area contributed by atoms with E-state index in [-0.39, 0.29) is 12.3 Å². The lowest BCUT2D eigenvalue weighted by atomic mass is 10.2. The summed E-state index contributed by atoms with van der Waals surface area (Å²) in [4.78, 5) is 10.8. The SMILES string of the molecule is Cn1cc(CNCCC(=O)NO)c2ccccc21. The van der Waals surface area contributed by atoms with Gasteiger partial charge in [0.25, 0.3) is 0 Å². The number of carbonyl (C=O) groups excluding carboxylic acids is 1. The maximum Gasteiger partial charge on any atom is 0.244 e. The molecule has 2 aromatic rings. The van der Waals surface area contributed by atoms with Crippen LogP contribution in [0.2, 0.25) is 0 Å². The van der Waals surface area contributed by atoms with Crippen LogP contribution in [0.1, 0.15) is 12.0 Å². The van der Waals surface area contributed by atoms with Crippen LogP contribution in [0.15, 0.2) is 30.5 Å². The average Bonchev–Trinajstić information content (AvgIpc) is 2.72. The number of nitrogens with zero attached hydrogens (tertiary/aromatic N) is 1. The van der Waals surface area contributed by atoms with Crippen LogP contribution in [-0.2, 0) is 18.4 Å². The van der Waals surface area contributed by atoms with Crippen LogP contribution in [0.25, 0.3) is 10.9 Å². The molecule has 0 aliphatic heterocycles. The third-order valence-electron chi connectivity index (χ3n) is 2.95. The Hall–Kier alpha value is -1.85. The van der Waals surface area contributed by atoms with Crippen LogP contribution >= 0.6 is 0 Å². The van der Waals surface area contributed by atoms with Gasteiger partial charge in [0.05, 0.1) is 0 Å². The Morgan fingerprint density at radius 3 is 2.94 bits per heavy atom. The van der Waals surface area contributed by atoms with E-state index in [0.717, 1.165) is 0 Å². The van der Waals surface area contributed by atoms with Gasteiger partial charge in [0, 0.05) is 43.7 Å². The molecule has 5 heteroatoms. The highest BCUT2D eigenvalue weighted by Crippen LogP contribution is 2.19. The monoisotopic (exact) mass is 247 g/mol. The summed E-state index contributed by atoms with van der Waals surface area (Å²) in [6, 6.07) is 8.21. The lowest BCUT2D eigenvalue weighted by molar-refractivity contribution is -0.129. The molecule has 0 aliphatic rings. The fourth-order valence-corrected chi connectivity index (χ4v) is 2.05. The molecule has 5 nitrogen and oxygen atoms in total. The van der Waals surface area contributed by atoms with Crippen molar-refractivity contribution in [3.05, 3.63) is 36.0 Å². The van der Waals surface area contributed by atoms with Gasteiger partial charge >= 0.3 is 0 Å². The maximum atomic E-state index is 10.8. The van der Waals surface area contributed by atoms with Crippen LogP contribution in [0, 0.1) is 0 Å². The number of carbonyl (C=O) groups is 1. The number of hydrogen-bond acceptors (Lipinski definition) is 3. The van der Waals surface area contributed by atoms with Gasteiger partial charge in [0.2, 0.25) is 5.91 Å². The number of hydroxylamine groups is 1. The van der Waals surface area contributed by atoms with E-state index in [0.29, 0.717) is 13.1 Å². The number of hydrogen-bond donors (Lipinski definition) is 3. The predicted molar refractivity (Wildman–Crippen MR) is 69.2 cm³/mol. The zero-order valence-electron chi connectivity index (χ0n) is 10.3. The summed E-state index contributed by atoms with van der Waals surface area (Å²) in [5, 5.41) is 12.8. The van der Waals surface area contributed by atoms with E-state index < -0.39 is 0 Å². The Morgan fingerprint density at radius 2 is 2.17 bits per heavy atom. The largest absolute Gasteiger partial charge is 0.350 e. The zero-order valence-corrected chi connectivity index (χ0v) is 10.3. The van der Waals surface area contributed by atoms with Crippen LogP contribution in [0.4, 0.5) is 0 Å². The molecular weight excluding hydrogens is 230 g/mol. The number of aryl methyl sites for hydroxylation is 1. The number of benzene rings is 1. The first-order valence-electron chi connectivity index (χ1n) is 5.89. The second-order valence-electron chi connectivity index (χ2n) is 4.24. The van der Waals surface area contributed by atoms with Crippen molar-refractivity contribution in [3.63, 3.8) is 0 Å². The third-order valence-corrected chi connectivity index (χ3v) is 2.95. The Bertz CT molecular complexity index is 548. The van der Waals surface area contributed by atoms with Crippen molar-refractivity contribution in [3.8, 4) is 0 Å². The van der Waals surface area contributed by atoms with Crippen molar-refractivity contribution in [1.82, 2.24) is 15.4 Å². The number of para-hydroxylation sites is 1. The molecule has 0 radical (unpaired) electrons. The van der Waals surface area contributed by atoms with Crippen LogP contribution in [0.3, 0.4) is 0 Å². The first-order chi connectivity index (χ1) is 8.72. The molecule has 0 saturated carbocycles. The molecule has 0 unspecified atom stereocenters. The molecule has 0 atom stereocenters. The summed E-state index contributed by atoms with van der Waals surface area (Å²) >= 11 is 0. The van der Waals surface area contributed by atoms with Crippen LogP contribution in [-0.4, -0.2) is 22.2 Å². The highest BCUT2D eigenvalue weighted by Gasteiger charge is 2.05. The molecule has 0 spiro atoms. The fourth-order valence-electron chi connectivity index (χ4n) is 2.05. The van der Waals surface area contributed by atoms with Gasteiger partial charge in [0.1, 0.15) is 0 Å². The minimum Gasteiger partial charge on any atom is -0.350 e. The van der Waals surface area contributed by atoms with Gasteiger partial charge in [-0.1, -0.05) is 18.2 Å². The second-order valence-corrected chi connectivity index (χ2v) is 4.24. The van der Waals surface area contributed by atoms with Crippen molar-refractivity contribution >= 4 is 16.8 Å². The van der Waals surface area contributed by atoms with Crippen LogP contribution < -0.4 is 10.8 Å². The lowest BCUT2D eigenvalue weighted by Gasteiger charge is -2.02. The molecule has 0 bridgehead atoms. The summed E-state index contributed by atoms with van der Waals surface area (Å²) in [7, 11) is 2.02.